The third-order valence-electron chi connectivity index (χ3n) is 4.59. The molecule has 1 saturated carbocycles. The maximum absolute atomic E-state index is 13.0. The standard InChI is InChI=1S/C18H19FN2O3S/c19-15-7-5-13(6-8-15)9-10-20(16-3-1-2-4-16)18(22)14-11-17(21(23)24)25-12-14/h5-8,11-12,16H,1-4,9-10H2. The predicted octanol–water partition coefficient (Wildman–Crippen LogP) is 4.42. The molecule has 0 radical (unpaired) electrons. The number of amides is 1. The highest BCUT2D eigenvalue weighted by molar-refractivity contribution is 7.13. The SMILES string of the molecule is O=C(c1csc([N+](=O)[O-])c1)N(CCc1ccc(F)cc1)C1CCCC1. The van der Waals surface area contributed by atoms with Crippen LogP contribution in [0.15, 0.2) is 35.7 Å². The van der Waals surface area contributed by atoms with Gasteiger partial charge in [0, 0.05) is 24.0 Å². The zero-order valence-electron chi connectivity index (χ0n) is 13.7. The molecule has 0 N–H and O–H groups in total. The number of hydrogen-bond acceptors (Lipinski definition) is 4. The van der Waals surface area contributed by atoms with Crippen molar-refractivity contribution in [2.24, 2.45) is 0 Å². The maximum atomic E-state index is 13.0. The van der Waals surface area contributed by atoms with Crippen molar-refractivity contribution in [1.29, 1.82) is 0 Å². The fraction of sp³-hybridized carbons (Fsp3) is 0.389. The predicted molar refractivity (Wildman–Crippen MR) is 94.4 cm³/mol. The molecule has 1 amide bonds. The summed E-state index contributed by atoms with van der Waals surface area (Å²) in [5.41, 5.74) is 1.34. The van der Waals surface area contributed by atoms with E-state index in [1.807, 2.05) is 4.90 Å². The van der Waals surface area contributed by atoms with E-state index in [2.05, 4.69) is 0 Å². The first-order valence-electron chi connectivity index (χ1n) is 8.33. The number of rotatable bonds is 6. The molecule has 0 saturated heterocycles. The van der Waals surface area contributed by atoms with Gasteiger partial charge >= 0.3 is 5.00 Å². The Bertz CT molecular complexity index is 754. The summed E-state index contributed by atoms with van der Waals surface area (Å²) >= 11 is 0.974. The Kier molecular flexibility index (Phi) is 5.43. The molecule has 1 heterocycles. The van der Waals surface area contributed by atoms with Crippen molar-refractivity contribution in [2.45, 2.75) is 38.1 Å². The highest BCUT2D eigenvalue weighted by Gasteiger charge is 2.28. The normalized spacial score (nSPS) is 14.6. The molecular weight excluding hydrogens is 343 g/mol. The van der Waals surface area contributed by atoms with E-state index >= 15 is 0 Å². The third-order valence-corrected chi connectivity index (χ3v) is 5.47. The van der Waals surface area contributed by atoms with E-state index in [1.54, 1.807) is 17.5 Å². The third kappa shape index (κ3) is 4.22. The van der Waals surface area contributed by atoms with Gasteiger partial charge in [0.05, 0.1) is 10.5 Å². The second-order valence-electron chi connectivity index (χ2n) is 6.24. The zero-order valence-corrected chi connectivity index (χ0v) is 14.5. The molecule has 7 heteroatoms. The lowest BCUT2D eigenvalue weighted by atomic mass is 10.1. The minimum Gasteiger partial charge on any atom is -0.335 e. The molecule has 0 atom stereocenters. The Morgan fingerprint density at radius 3 is 2.56 bits per heavy atom. The number of thiophene rings is 1. The molecule has 1 aliphatic carbocycles. The first-order chi connectivity index (χ1) is 12.0. The smallest absolute Gasteiger partial charge is 0.324 e. The Morgan fingerprint density at radius 2 is 1.96 bits per heavy atom. The molecule has 1 aromatic carbocycles. The van der Waals surface area contributed by atoms with E-state index in [1.165, 1.54) is 18.2 Å². The van der Waals surface area contributed by atoms with E-state index in [0.717, 1.165) is 42.6 Å². The number of carbonyl (C=O) groups is 1. The molecule has 1 aliphatic rings. The summed E-state index contributed by atoms with van der Waals surface area (Å²) in [7, 11) is 0. The average Bonchev–Trinajstić information content (AvgIpc) is 3.28. The number of halogens is 1. The van der Waals surface area contributed by atoms with E-state index in [-0.39, 0.29) is 22.8 Å². The van der Waals surface area contributed by atoms with Gasteiger partial charge in [0.25, 0.3) is 5.91 Å². The quantitative estimate of drug-likeness (QED) is 0.564. The molecular formula is C18H19FN2O3S. The van der Waals surface area contributed by atoms with Crippen LogP contribution >= 0.6 is 11.3 Å². The van der Waals surface area contributed by atoms with E-state index in [0.29, 0.717) is 18.5 Å². The lowest BCUT2D eigenvalue weighted by molar-refractivity contribution is -0.380. The van der Waals surface area contributed by atoms with Gasteiger partial charge in [-0.25, -0.2) is 4.39 Å². The van der Waals surface area contributed by atoms with Crippen LogP contribution in [0.3, 0.4) is 0 Å². The van der Waals surface area contributed by atoms with Gasteiger partial charge in [-0.2, -0.15) is 0 Å². The molecule has 0 aliphatic heterocycles. The summed E-state index contributed by atoms with van der Waals surface area (Å²) < 4.78 is 13.0. The van der Waals surface area contributed by atoms with Crippen molar-refractivity contribution in [3.63, 3.8) is 0 Å². The summed E-state index contributed by atoms with van der Waals surface area (Å²) in [4.78, 5) is 25.1. The fourth-order valence-electron chi connectivity index (χ4n) is 3.27. The van der Waals surface area contributed by atoms with Crippen LogP contribution in [0.25, 0.3) is 0 Å². The number of benzene rings is 1. The number of nitro groups is 1. The van der Waals surface area contributed by atoms with Crippen LogP contribution in [-0.4, -0.2) is 28.3 Å². The molecule has 2 aromatic rings. The molecule has 0 unspecified atom stereocenters. The molecule has 25 heavy (non-hydrogen) atoms. The summed E-state index contributed by atoms with van der Waals surface area (Å²) in [5.74, 6) is -0.434. The molecule has 5 nitrogen and oxygen atoms in total. The van der Waals surface area contributed by atoms with E-state index in [9.17, 15) is 19.3 Å². The van der Waals surface area contributed by atoms with Gasteiger partial charge in [-0.1, -0.05) is 36.3 Å². The molecule has 1 aromatic heterocycles. The molecule has 0 spiro atoms. The van der Waals surface area contributed by atoms with Crippen molar-refractivity contribution in [3.05, 3.63) is 62.8 Å². The fourth-order valence-corrected chi connectivity index (χ4v) is 3.96. The van der Waals surface area contributed by atoms with Crippen molar-refractivity contribution < 1.29 is 14.1 Å². The Balaban J connectivity index is 1.75. The minimum atomic E-state index is -0.472. The summed E-state index contributed by atoms with van der Waals surface area (Å²) in [6.45, 7) is 0.527. The number of nitrogens with zero attached hydrogens (tertiary/aromatic N) is 2. The van der Waals surface area contributed by atoms with Gasteiger partial charge in [0.15, 0.2) is 0 Å². The van der Waals surface area contributed by atoms with Gasteiger partial charge in [-0.15, -0.1) is 0 Å². The molecule has 0 bridgehead atoms. The Morgan fingerprint density at radius 1 is 1.28 bits per heavy atom. The molecule has 132 valence electrons. The van der Waals surface area contributed by atoms with Crippen LogP contribution in [0.1, 0.15) is 41.6 Å². The van der Waals surface area contributed by atoms with Crippen LogP contribution in [0.5, 0.6) is 0 Å². The van der Waals surface area contributed by atoms with Gasteiger partial charge in [-0.05, 0) is 37.0 Å². The lowest BCUT2D eigenvalue weighted by Crippen LogP contribution is -2.40. The number of hydrogen-bond donors (Lipinski definition) is 0. The van der Waals surface area contributed by atoms with Crippen LogP contribution in [0.2, 0.25) is 0 Å². The second-order valence-corrected chi connectivity index (χ2v) is 7.13. The van der Waals surface area contributed by atoms with E-state index in [4.69, 9.17) is 0 Å². The van der Waals surface area contributed by atoms with Gasteiger partial charge < -0.3 is 4.90 Å². The summed E-state index contributed by atoms with van der Waals surface area (Å²) in [6.07, 6.45) is 4.74. The topological polar surface area (TPSA) is 63.4 Å². The van der Waals surface area contributed by atoms with Crippen LogP contribution < -0.4 is 0 Å². The monoisotopic (exact) mass is 362 g/mol. The minimum absolute atomic E-state index is 0.0201. The van der Waals surface area contributed by atoms with Crippen LogP contribution in [0.4, 0.5) is 9.39 Å². The highest BCUT2D eigenvalue weighted by atomic mass is 32.1. The zero-order chi connectivity index (χ0) is 17.8. The van der Waals surface area contributed by atoms with Crippen molar-refractivity contribution in [2.75, 3.05) is 6.54 Å². The molecule has 3 rings (SSSR count). The maximum Gasteiger partial charge on any atom is 0.324 e. The largest absolute Gasteiger partial charge is 0.335 e. The first kappa shape index (κ1) is 17.5. The number of carbonyl (C=O) groups excluding carboxylic acids is 1. The lowest BCUT2D eigenvalue weighted by Gasteiger charge is -2.29. The molecule has 1 fully saturated rings. The van der Waals surface area contributed by atoms with Crippen molar-refractivity contribution >= 4 is 22.2 Å². The average molecular weight is 362 g/mol. The van der Waals surface area contributed by atoms with Crippen molar-refractivity contribution in [1.82, 2.24) is 4.90 Å². The Hall–Kier alpha value is -2.28. The van der Waals surface area contributed by atoms with E-state index < -0.39 is 4.92 Å². The van der Waals surface area contributed by atoms with Crippen LogP contribution in [-0.2, 0) is 6.42 Å². The van der Waals surface area contributed by atoms with Gasteiger partial charge in [0.1, 0.15) is 5.82 Å². The Labute approximate surface area is 149 Å². The van der Waals surface area contributed by atoms with Crippen LogP contribution in [0, 0.1) is 15.9 Å². The van der Waals surface area contributed by atoms with Gasteiger partial charge in [0.2, 0.25) is 0 Å². The van der Waals surface area contributed by atoms with Crippen molar-refractivity contribution in [3.8, 4) is 0 Å². The summed E-state index contributed by atoms with van der Waals surface area (Å²) in [5, 5.41) is 12.4. The first-order valence-corrected chi connectivity index (χ1v) is 9.21. The summed E-state index contributed by atoms with van der Waals surface area (Å²) in [6, 6.07) is 7.81. The highest BCUT2D eigenvalue weighted by Crippen LogP contribution is 2.28. The second kappa shape index (κ2) is 7.74. The van der Waals surface area contributed by atoms with Gasteiger partial charge in [-0.3, -0.25) is 14.9 Å².